The number of hydrogen-bond acceptors (Lipinski definition) is 2. The molecule has 4 heteroatoms. The molecule has 0 saturated carbocycles. The summed E-state index contributed by atoms with van der Waals surface area (Å²) < 4.78 is 1.96. The second-order valence-electron chi connectivity index (χ2n) is 4.01. The fourth-order valence-electron chi connectivity index (χ4n) is 1.67. The number of carboxylic acids is 1. The lowest BCUT2D eigenvalue weighted by Crippen LogP contribution is -2.03. The number of aryl methyl sites for hydroxylation is 1. The maximum absolute atomic E-state index is 11.8. The molecule has 0 aliphatic carbocycles. The number of carbonyl (C=O) groups is 2. The molecule has 16 heavy (non-hydrogen) atoms. The van der Waals surface area contributed by atoms with Crippen LogP contribution in [0.2, 0.25) is 0 Å². The van der Waals surface area contributed by atoms with E-state index in [-0.39, 0.29) is 12.2 Å². The smallest absolute Gasteiger partial charge is 0.303 e. The summed E-state index contributed by atoms with van der Waals surface area (Å²) in [4.78, 5) is 22.1. The van der Waals surface area contributed by atoms with Gasteiger partial charge in [0.1, 0.15) is 0 Å². The number of carbonyl (C=O) groups excluding carboxylic acids is 1. The van der Waals surface area contributed by atoms with Crippen LogP contribution in [0.4, 0.5) is 0 Å². The summed E-state index contributed by atoms with van der Waals surface area (Å²) in [5.41, 5.74) is 2.70. The minimum Gasteiger partial charge on any atom is -0.481 e. The van der Waals surface area contributed by atoms with Gasteiger partial charge in [0.2, 0.25) is 0 Å². The number of Topliss-reactive ketones (excluding diaryl/α,β-unsaturated/α-hetero) is 1. The molecule has 0 aliphatic rings. The third-order valence-corrected chi connectivity index (χ3v) is 2.87. The number of aliphatic carboxylic acids is 1. The van der Waals surface area contributed by atoms with Crippen LogP contribution in [0.1, 0.15) is 41.0 Å². The lowest BCUT2D eigenvalue weighted by atomic mass is 10.1. The van der Waals surface area contributed by atoms with Crippen LogP contribution in [0.25, 0.3) is 0 Å². The van der Waals surface area contributed by atoms with Gasteiger partial charge in [-0.15, -0.1) is 0 Å². The van der Waals surface area contributed by atoms with Crippen LogP contribution in [-0.2, 0) is 11.8 Å². The maximum atomic E-state index is 11.8. The summed E-state index contributed by atoms with van der Waals surface area (Å²) in [6, 6.07) is 1.86. The van der Waals surface area contributed by atoms with Gasteiger partial charge in [0.25, 0.3) is 0 Å². The fourth-order valence-corrected chi connectivity index (χ4v) is 1.67. The van der Waals surface area contributed by atoms with Gasteiger partial charge in [-0.05, 0) is 26.3 Å². The SMILES string of the molecule is Cc1cc(C(=O)CCCC(=O)O)c(C)n1C. The largest absolute Gasteiger partial charge is 0.481 e. The molecule has 0 atom stereocenters. The first-order chi connectivity index (χ1) is 7.43. The number of carboxylic acid groups (broad SMARTS) is 1. The Morgan fingerprint density at radius 3 is 2.38 bits per heavy atom. The van der Waals surface area contributed by atoms with Gasteiger partial charge in [0, 0.05) is 36.8 Å². The van der Waals surface area contributed by atoms with Gasteiger partial charge in [-0.25, -0.2) is 0 Å². The lowest BCUT2D eigenvalue weighted by Gasteiger charge is -2.01. The second-order valence-corrected chi connectivity index (χ2v) is 4.01. The highest BCUT2D eigenvalue weighted by molar-refractivity contribution is 5.97. The van der Waals surface area contributed by atoms with E-state index in [1.165, 1.54) is 0 Å². The first-order valence-corrected chi connectivity index (χ1v) is 5.31. The average molecular weight is 223 g/mol. The summed E-state index contributed by atoms with van der Waals surface area (Å²) in [7, 11) is 1.92. The van der Waals surface area contributed by atoms with Crippen molar-refractivity contribution in [1.82, 2.24) is 4.57 Å². The van der Waals surface area contributed by atoms with E-state index in [0.29, 0.717) is 18.4 Å². The molecule has 0 fully saturated rings. The molecule has 88 valence electrons. The van der Waals surface area contributed by atoms with Crippen molar-refractivity contribution in [3.63, 3.8) is 0 Å². The van der Waals surface area contributed by atoms with E-state index in [1.54, 1.807) is 0 Å². The Labute approximate surface area is 94.9 Å². The summed E-state index contributed by atoms with van der Waals surface area (Å²) in [5, 5.41) is 8.48. The molecule has 1 heterocycles. The topological polar surface area (TPSA) is 59.3 Å². The van der Waals surface area contributed by atoms with E-state index in [1.807, 2.05) is 31.5 Å². The molecule has 0 saturated heterocycles. The third kappa shape index (κ3) is 2.72. The van der Waals surface area contributed by atoms with E-state index < -0.39 is 5.97 Å². The van der Waals surface area contributed by atoms with Crippen molar-refractivity contribution >= 4 is 11.8 Å². The number of rotatable bonds is 5. The zero-order valence-electron chi connectivity index (χ0n) is 9.91. The lowest BCUT2D eigenvalue weighted by molar-refractivity contribution is -0.137. The minimum atomic E-state index is -0.853. The van der Waals surface area contributed by atoms with Crippen molar-refractivity contribution in [3.8, 4) is 0 Å². The molecule has 4 nitrogen and oxygen atoms in total. The molecule has 0 radical (unpaired) electrons. The highest BCUT2D eigenvalue weighted by Gasteiger charge is 2.13. The van der Waals surface area contributed by atoms with Crippen molar-refractivity contribution in [2.75, 3.05) is 0 Å². The van der Waals surface area contributed by atoms with Crippen molar-refractivity contribution in [2.24, 2.45) is 7.05 Å². The van der Waals surface area contributed by atoms with E-state index in [2.05, 4.69) is 0 Å². The van der Waals surface area contributed by atoms with Crippen LogP contribution in [0.3, 0.4) is 0 Å². The predicted octanol–water partition coefficient (Wildman–Crippen LogP) is 2.08. The van der Waals surface area contributed by atoms with Gasteiger partial charge in [0.05, 0.1) is 0 Å². The highest BCUT2D eigenvalue weighted by atomic mass is 16.4. The molecule has 1 aromatic heterocycles. The second kappa shape index (κ2) is 4.96. The van der Waals surface area contributed by atoms with Crippen molar-refractivity contribution in [3.05, 3.63) is 23.0 Å². The Balaban J connectivity index is 2.66. The standard InChI is InChI=1S/C12H17NO3/c1-8-7-10(9(2)13(8)3)11(14)5-4-6-12(15)16/h7H,4-6H2,1-3H3,(H,15,16). The third-order valence-electron chi connectivity index (χ3n) is 2.87. The van der Waals surface area contributed by atoms with Gasteiger partial charge in [-0.2, -0.15) is 0 Å². The van der Waals surface area contributed by atoms with E-state index >= 15 is 0 Å². The molecule has 0 aliphatic heterocycles. The normalized spacial score (nSPS) is 10.4. The van der Waals surface area contributed by atoms with Crippen LogP contribution in [0.5, 0.6) is 0 Å². The quantitative estimate of drug-likeness (QED) is 0.777. The van der Waals surface area contributed by atoms with Gasteiger partial charge in [-0.1, -0.05) is 0 Å². The average Bonchev–Trinajstić information content (AvgIpc) is 2.45. The molecular formula is C12H17NO3. The summed E-state index contributed by atoms with van der Waals surface area (Å²) in [6.07, 6.45) is 0.759. The molecular weight excluding hydrogens is 206 g/mol. The van der Waals surface area contributed by atoms with Gasteiger partial charge >= 0.3 is 5.97 Å². The number of nitrogens with zero attached hydrogens (tertiary/aromatic N) is 1. The molecule has 1 aromatic rings. The first kappa shape index (κ1) is 12.5. The number of aromatic nitrogens is 1. The van der Waals surface area contributed by atoms with Crippen LogP contribution < -0.4 is 0 Å². The zero-order valence-corrected chi connectivity index (χ0v) is 9.91. The Kier molecular flexibility index (Phi) is 3.88. The minimum absolute atomic E-state index is 0.0300. The zero-order chi connectivity index (χ0) is 12.3. The Morgan fingerprint density at radius 1 is 1.31 bits per heavy atom. The van der Waals surface area contributed by atoms with E-state index in [0.717, 1.165) is 11.4 Å². The van der Waals surface area contributed by atoms with Crippen molar-refractivity contribution in [1.29, 1.82) is 0 Å². The van der Waals surface area contributed by atoms with Gasteiger partial charge in [0.15, 0.2) is 5.78 Å². The molecule has 1 rings (SSSR count). The summed E-state index contributed by atoms with van der Waals surface area (Å²) >= 11 is 0. The van der Waals surface area contributed by atoms with E-state index in [4.69, 9.17) is 5.11 Å². The van der Waals surface area contributed by atoms with Crippen LogP contribution in [-0.4, -0.2) is 21.4 Å². The summed E-state index contributed by atoms with van der Waals surface area (Å²) in [6.45, 7) is 3.85. The molecule has 0 aromatic carbocycles. The van der Waals surface area contributed by atoms with E-state index in [9.17, 15) is 9.59 Å². The molecule has 1 N–H and O–H groups in total. The number of ketones is 1. The Morgan fingerprint density at radius 2 is 1.94 bits per heavy atom. The summed E-state index contributed by atoms with van der Waals surface area (Å²) in [5.74, 6) is -0.823. The fraction of sp³-hybridized carbons (Fsp3) is 0.500. The maximum Gasteiger partial charge on any atom is 0.303 e. The molecule has 0 amide bonds. The number of hydrogen-bond donors (Lipinski definition) is 1. The van der Waals surface area contributed by atoms with Crippen LogP contribution in [0, 0.1) is 13.8 Å². The Bertz CT molecular complexity index is 418. The van der Waals surface area contributed by atoms with Crippen LogP contribution >= 0.6 is 0 Å². The van der Waals surface area contributed by atoms with Crippen LogP contribution in [0.15, 0.2) is 6.07 Å². The van der Waals surface area contributed by atoms with Crippen molar-refractivity contribution in [2.45, 2.75) is 33.1 Å². The first-order valence-electron chi connectivity index (χ1n) is 5.31. The predicted molar refractivity (Wildman–Crippen MR) is 60.7 cm³/mol. The van der Waals surface area contributed by atoms with Crippen molar-refractivity contribution < 1.29 is 14.7 Å². The molecule has 0 unspecified atom stereocenters. The highest BCUT2D eigenvalue weighted by Crippen LogP contribution is 2.16. The Hall–Kier alpha value is -1.58. The van der Waals surface area contributed by atoms with Gasteiger partial charge in [-0.3, -0.25) is 9.59 Å². The molecule has 0 spiro atoms. The monoisotopic (exact) mass is 223 g/mol. The van der Waals surface area contributed by atoms with Gasteiger partial charge < -0.3 is 9.67 Å². The molecule has 0 bridgehead atoms.